The highest BCUT2D eigenvalue weighted by Crippen LogP contribution is 2.44. The molecule has 1 aliphatic rings. The molecular formula is C32H28N2O4. The first kappa shape index (κ1) is 24.0. The Morgan fingerprint density at radius 1 is 0.816 bits per heavy atom. The number of benzene rings is 4. The summed E-state index contributed by atoms with van der Waals surface area (Å²) in [5, 5.41) is 25.5. The Labute approximate surface area is 220 Å². The minimum absolute atomic E-state index is 0.0525. The number of alkyl carbamates (subject to hydrolysis) is 1. The van der Waals surface area contributed by atoms with Crippen molar-refractivity contribution in [3.8, 4) is 22.4 Å². The highest BCUT2D eigenvalue weighted by atomic mass is 16.5. The van der Waals surface area contributed by atoms with Gasteiger partial charge in [-0.1, -0.05) is 97.1 Å². The molecule has 0 saturated carbocycles. The summed E-state index contributed by atoms with van der Waals surface area (Å²) in [5.74, 6) is -0.0525. The Hall–Kier alpha value is -4.39. The van der Waals surface area contributed by atoms with Crippen molar-refractivity contribution in [2.75, 3.05) is 13.2 Å². The zero-order valence-corrected chi connectivity index (χ0v) is 20.7. The number of hydrogen-bond acceptors (Lipinski definition) is 4. The van der Waals surface area contributed by atoms with E-state index in [4.69, 9.17) is 4.74 Å². The van der Waals surface area contributed by atoms with Crippen LogP contribution in [0.1, 0.15) is 28.7 Å². The second-order valence-corrected chi connectivity index (χ2v) is 9.54. The number of hydrogen-bond donors (Lipinski definition) is 4. The van der Waals surface area contributed by atoms with Gasteiger partial charge in [0, 0.05) is 28.9 Å². The van der Waals surface area contributed by atoms with E-state index in [1.54, 1.807) is 0 Å². The number of aliphatic hydroxyl groups is 2. The predicted molar refractivity (Wildman–Crippen MR) is 148 cm³/mol. The molecular weight excluding hydrogens is 476 g/mol. The Morgan fingerprint density at radius 2 is 1.42 bits per heavy atom. The topological polar surface area (TPSA) is 94.6 Å². The first-order valence-electron chi connectivity index (χ1n) is 12.7. The van der Waals surface area contributed by atoms with Gasteiger partial charge >= 0.3 is 6.09 Å². The fraction of sp³-hybridized carbons (Fsp3) is 0.156. The number of aliphatic hydroxyl groups excluding tert-OH is 2. The van der Waals surface area contributed by atoms with Crippen molar-refractivity contribution in [2.45, 2.75) is 18.1 Å². The minimum Gasteiger partial charge on any atom is -0.449 e. The van der Waals surface area contributed by atoms with Gasteiger partial charge < -0.3 is 25.3 Å². The van der Waals surface area contributed by atoms with E-state index in [2.05, 4.69) is 34.6 Å². The average Bonchev–Trinajstić information content (AvgIpc) is 3.51. The summed E-state index contributed by atoms with van der Waals surface area (Å²) < 4.78 is 5.57. The van der Waals surface area contributed by atoms with Crippen molar-refractivity contribution in [2.24, 2.45) is 0 Å². The maximum Gasteiger partial charge on any atom is 0.407 e. The number of carbonyl (C=O) groups is 1. The first-order valence-corrected chi connectivity index (χ1v) is 12.7. The maximum absolute atomic E-state index is 12.6. The predicted octanol–water partition coefficient (Wildman–Crippen LogP) is 5.77. The summed E-state index contributed by atoms with van der Waals surface area (Å²) in [7, 11) is 0. The molecule has 4 aromatic carbocycles. The summed E-state index contributed by atoms with van der Waals surface area (Å²) in [6.45, 7) is 0.0185. The van der Waals surface area contributed by atoms with Crippen LogP contribution in [0.4, 0.5) is 4.79 Å². The third-order valence-corrected chi connectivity index (χ3v) is 7.27. The zero-order chi connectivity index (χ0) is 26.1. The number of nitrogens with one attached hydrogen (secondary N) is 2. The normalized spacial score (nSPS) is 14.1. The minimum atomic E-state index is -1.24. The Morgan fingerprint density at radius 3 is 2.13 bits per heavy atom. The molecule has 4 N–H and O–H groups in total. The van der Waals surface area contributed by atoms with Crippen LogP contribution < -0.4 is 5.32 Å². The Kier molecular flexibility index (Phi) is 6.42. The fourth-order valence-electron chi connectivity index (χ4n) is 5.44. The smallest absolute Gasteiger partial charge is 0.407 e. The highest BCUT2D eigenvalue weighted by molar-refractivity contribution is 5.91. The number of ether oxygens (including phenoxy) is 1. The molecule has 1 aromatic heterocycles. The Balaban J connectivity index is 1.14. The van der Waals surface area contributed by atoms with Crippen LogP contribution in [0.15, 0.2) is 103 Å². The van der Waals surface area contributed by atoms with E-state index in [-0.39, 0.29) is 19.1 Å². The van der Waals surface area contributed by atoms with Gasteiger partial charge in [-0.15, -0.1) is 0 Å². The lowest BCUT2D eigenvalue weighted by Crippen LogP contribution is -2.36. The van der Waals surface area contributed by atoms with Crippen molar-refractivity contribution in [1.82, 2.24) is 10.3 Å². The van der Waals surface area contributed by atoms with Crippen LogP contribution in [0.2, 0.25) is 0 Å². The van der Waals surface area contributed by atoms with Gasteiger partial charge in [0.25, 0.3) is 0 Å². The van der Waals surface area contributed by atoms with Gasteiger partial charge in [-0.3, -0.25) is 0 Å². The van der Waals surface area contributed by atoms with Crippen LogP contribution >= 0.6 is 0 Å². The first-order chi connectivity index (χ1) is 18.6. The number of aromatic amines is 1. The molecule has 0 radical (unpaired) electrons. The molecule has 0 spiro atoms. The third kappa shape index (κ3) is 4.34. The van der Waals surface area contributed by atoms with E-state index in [9.17, 15) is 15.0 Å². The largest absolute Gasteiger partial charge is 0.449 e. The molecule has 1 aliphatic carbocycles. The molecule has 6 nitrogen and oxygen atoms in total. The van der Waals surface area contributed by atoms with Crippen molar-refractivity contribution in [3.05, 3.63) is 120 Å². The lowest BCUT2D eigenvalue weighted by atomic mass is 9.97. The summed E-state index contributed by atoms with van der Waals surface area (Å²) in [4.78, 5) is 16.0. The number of fused-ring (bicyclic) bond motifs is 4. The van der Waals surface area contributed by atoms with Crippen LogP contribution in [-0.2, 0) is 4.74 Å². The summed E-state index contributed by atoms with van der Waals surface area (Å²) in [5.41, 5.74) is 7.65. The summed E-state index contributed by atoms with van der Waals surface area (Å²) in [6, 6.07) is 33.6. The molecule has 1 heterocycles. The lowest BCUT2D eigenvalue weighted by molar-refractivity contribution is 0.0197. The van der Waals surface area contributed by atoms with E-state index in [1.807, 2.05) is 78.9 Å². The van der Waals surface area contributed by atoms with Crippen molar-refractivity contribution >= 4 is 17.0 Å². The molecule has 2 atom stereocenters. The molecule has 0 bridgehead atoms. The molecule has 1 amide bonds. The monoisotopic (exact) mass is 504 g/mol. The van der Waals surface area contributed by atoms with E-state index >= 15 is 0 Å². The lowest BCUT2D eigenvalue weighted by Gasteiger charge is -2.20. The van der Waals surface area contributed by atoms with Crippen molar-refractivity contribution < 1.29 is 19.7 Å². The van der Waals surface area contributed by atoms with Crippen molar-refractivity contribution in [1.29, 1.82) is 0 Å². The summed E-state index contributed by atoms with van der Waals surface area (Å²) >= 11 is 0. The average molecular weight is 505 g/mol. The highest BCUT2D eigenvalue weighted by Gasteiger charge is 2.30. The van der Waals surface area contributed by atoms with Crippen LogP contribution in [0.5, 0.6) is 0 Å². The van der Waals surface area contributed by atoms with Crippen molar-refractivity contribution in [3.63, 3.8) is 0 Å². The van der Waals surface area contributed by atoms with Gasteiger partial charge in [-0.25, -0.2) is 4.79 Å². The molecule has 0 fully saturated rings. The van der Waals surface area contributed by atoms with Gasteiger partial charge in [0.05, 0.1) is 5.69 Å². The van der Waals surface area contributed by atoms with Gasteiger partial charge in [-0.2, -0.15) is 0 Å². The van der Waals surface area contributed by atoms with Gasteiger partial charge in [0.15, 0.2) is 0 Å². The van der Waals surface area contributed by atoms with Gasteiger partial charge in [-0.05, 0) is 33.9 Å². The zero-order valence-electron chi connectivity index (χ0n) is 20.7. The van der Waals surface area contributed by atoms with Crippen LogP contribution in [-0.4, -0.2) is 40.5 Å². The molecule has 2 unspecified atom stereocenters. The van der Waals surface area contributed by atoms with Crippen LogP contribution in [0.25, 0.3) is 33.3 Å². The quantitative estimate of drug-likeness (QED) is 0.226. The summed E-state index contributed by atoms with van der Waals surface area (Å²) in [6.07, 6.45) is -3.10. The third-order valence-electron chi connectivity index (χ3n) is 7.27. The molecule has 6 heteroatoms. The number of aromatic nitrogens is 1. The molecule has 0 aliphatic heterocycles. The number of carbonyl (C=O) groups excluding carboxylic acids is 1. The second kappa shape index (κ2) is 10.2. The molecule has 0 saturated heterocycles. The van der Waals surface area contributed by atoms with E-state index in [1.165, 1.54) is 0 Å². The standard InChI is InChI=1S/C32H28N2O4/c35-28(31(36)29-25-16-8-9-17-27(25)34-30(29)20-10-2-1-3-11-20)18-33-32(37)38-19-26-23-14-6-4-12-21(23)22-13-5-7-15-24(22)26/h1-17,26,28,31,34-36H,18-19H2,(H,33,37). The fourth-order valence-corrected chi connectivity index (χ4v) is 5.44. The maximum atomic E-state index is 12.6. The number of amides is 1. The number of H-pyrrole nitrogens is 1. The van der Waals surface area contributed by atoms with E-state index in [0.717, 1.165) is 44.4 Å². The number of rotatable bonds is 7. The molecule has 6 rings (SSSR count). The number of para-hydroxylation sites is 1. The SMILES string of the molecule is O=C(NCC(O)C(O)c1c(-c2ccccc2)[nH]c2ccccc12)OCC1c2ccccc2-c2ccccc21. The molecule has 5 aromatic rings. The molecule has 190 valence electrons. The van der Waals surface area contributed by atoms with Gasteiger partial charge in [0.2, 0.25) is 0 Å². The molecule has 38 heavy (non-hydrogen) atoms. The van der Waals surface area contributed by atoms with E-state index < -0.39 is 18.3 Å². The van der Waals surface area contributed by atoms with E-state index in [0.29, 0.717) is 5.56 Å². The second-order valence-electron chi connectivity index (χ2n) is 9.54. The van der Waals surface area contributed by atoms with Gasteiger partial charge in [0.1, 0.15) is 18.8 Å². The van der Waals surface area contributed by atoms with Crippen LogP contribution in [0.3, 0.4) is 0 Å². The van der Waals surface area contributed by atoms with Crippen LogP contribution in [0, 0.1) is 0 Å². The Bertz CT molecular complexity index is 1550.